The van der Waals surface area contributed by atoms with Gasteiger partial charge in [-0.15, -0.1) is 0 Å². The van der Waals surface area contributed by atoms with Crippen LogP contribution in [0.5, 0.6) is 5.88 Å². The Bertz CT molecular complexity index is 1620. The summed E-state index contributed by atoms with van der Waals surface area (Å²) in [5.74, 6) is 0.414. The zero-order chi connectivity index (χ0) is 30.0. The molecule has 1 fully saturated rings. The van der Waals surface area contributed by atoms with Gasteiger partial charge in [-0.25, -0.2) is 9.78 Å². The zero-order valence-electron chi connectivity index (χ0n) is 24.4. The topological polar surface area (TPSA) is 73.8 Å². The highest BCUT2D eigenvalue weighted by molar-refractivity contribution is 6.35. The van der Waals surface area contributed by atoms with E-state index in [4.69, 9.17) is 32.9 Å². The molecule has 4 aromatic rings. The van der Waals surface area contributed by atoms with Gasteiger partial charge >= 0.3 is 6.09 Å². The van der Waals surface area contributed by atoms with Crippen molar-refractivity contribution in [3.63, 3.8) is 0 Å². The first kappa shape index (κ1) is 29.6. The third kappa shape index (κ3) is 6.62. The molecule has 3 aromatic carbocycles. The van der Waals surface area contributed by atoms with Crippen LogP contribution in [0.1, 0.15) is 16.7 Å². The summed E-state index contributed by atoms with van der Waals surface area (Å²) in [6.07, 6.45) is -0.663. The molecule has 0 saturated carbocycles. The molecule has 1 aliphatic heterocycles. The minimum atomic E-state index is -0.663. The van der Waals surface area contributed by atoms with Crippen molar-refractivity contribution >= 4 is 52.3 Å². The highest BCUT2D eigenvalue weighted by atomic mass is 35.5. The van der Waals surface area contributed by atoms with Crippen LogP contribution in [0, 0.1) is 20.8 Å². The van der Waals surface area contributed by atoms with Crippen LogP contribution in [-0.2, 0) is 0 Å². The van der Waals surface area contributed by atoms with Gasteiger partial charge in [0, 0.05) is 61.3 Å². The predicted molar refractivity (Wildman–Crippen MR) is 172 cm³/mol. The maximum Gasteiger partial charge on any atom is 0.420 e. The van der Waals surface area contributed by atoms with E-state index in [-0.39, 0.29) is 5.88 Å². The van der Waals surface area contributed by atoms with E-state index in [0.29, 0.717) is 27.4 Å². The lowest BCUT2D eigenvalue weighted by atomic mass is 9.97. The molecule has 0 radical (unpaired) electrons. The molecule has 0 unspecified atom stereocenters. The summed E-state index contributed by atoms with van der Waals surface area (Å²) in [5, 5.41) is 4.16. The number of rotatable bonds is 6. The van der Waals surface area contributed by atoms with E-state index in [1.165, 1.54) is 16.0 Å². The molecule has 42 heavy (non-hydrogen) atoms. The van der Waals surface area contributed by atoms with Crippen LogP contribution in [0.15, 0.2) is 60.7 Å². The van der Waals surface area contributed by atoms with Gasteiger partial charge in [0.2, 0.25) is 11.8 Å². The molecule has 1 N–H and O–H groups in total. The number of likely N-dealkylation sites (N-methyl/N-ethyl adjacent to an activating group) is 1. The molecule has 0 bridgehead atoms. The minimum absolute atomic E-state index is 0.102. The highest BCUT2D eigenvalue weighted by Crippen LogP contribution is 2.32. The number of benzene rings is 3. The second kappa shape index (κ2) is 12.6. The van der Waals surface area contributed by atoms with Crippen molar-refractivity contribution in [2.75, 3.05) is 55.4 Å². The Morgan fingerprint density at radius 3 is 2.45 bits per heavy atom. The van der Waals surface area contributed by atoms with Gasteiger partial charge in [0.25, 0.3) is 0 Å². The van der Waals surface area contributed by atoms with Crippen LogP contribution < -0.4 is 19.9 Å². The van der Waals surface area contributed by atoms with Crippen LogP contribution in [0.2, 0.25) is 10.0 Å². The van der Waals surface area contributed by atoms with Crippen LogP contribution in [-0.4, -0.2) is 61.2 Å². The van der Waals surface area contributed by atoms with Gasteiger partial charge in [-0.05, 0) is 80.9 Å². The van der Waals surface area contributed by atoms with E-state index in [0.717, 1.165) is 48.7 Å². The number of ether oxygens (including phenoxy) is 1. The fraction of sp³-hybridized carbons (Fsp3) is 0.281. The summed E-state index contributed by atoms with van der Waals surface area (Å²) in [7, 11) is 3.71. The summed E-state index contributed by atoms with van der Waals surface area (Å²) in [4.78, 5) is 28.6. The van der Waals surface area contributed by atoms with Crippen LogP contribution in [0.4, 0.5) is 27.8 Å². The monoisotopic (exact) mass is 604 g/mol. The number of amides is 1. The molecule has 1 aromatic heterocycles. The Morgan fingerprint density at radius 2 is 1.69 bits per heavy atom. The highest BCUT2D eigenvalue weighted by Gasteiger charge is 2.20. The average Bonchev–Trinajstić information content (AvgIpc) is 2.97. The van der Waals surface area contributed by atoms with Crippen molar-refractivity contribution in [3.05, 3.63) is 87.4 Å². The van der Waals surface area contributed by atoms with E-state index in [9.17, 15) is 4.79 Å². The van der Waals surface area contributed by atoms with Gasteiger partial charge in [-0.3, -0.25) is 4.90 Å². The molecule has 0 aliphatic carbocycles. The summed E-state index contributed by atoms with van der Waals surface area (Å²) >= 11 is 12.5. The summed E-state index contributed by atoms with van der Waals surface area (Å²) in [6, 6.07) is 18.8. The maximum atomic E-state index is 13.2. The standard InChI is InChI=1S/C32H34Cl2N6O2/c1-20-9-11-26(22(3)21(20)2)28-19-30(42-32(41)39(5)29-17-23(33)10-12-27(29)34)37-31(36-28)35-24-7-6-8-25(18-24)40-15-13-38(4)14-16-40/h6-12,17-19H,13-16H2,1-5H3,(H,35,36,37). The van der Waals surface area contributed by atoms with Gasteiger partial charge in [-0.1, -0.05) is 41.4 Å². The number of piperazine rings is 1. The van der Waals surface area contributed by atoms with Crippen LogP contribution in [0.3, 0.4) is 0 Å². The van der Waals surface area contributed by atoms with E-state index >= 15 is 0 Å². The van der Waals surface area contributed by atoms with E-state index in [1.807, 2.05) is 18.2 Å². The van der Waals surface area contributed by atoms with Crippen molar-refractivity contribution < 1.29 is 9.53 Å². The molecule has 0 atom stereocenters. The lowest BCUT2D eigenvalue weighted by Crippen LogP contribution is -2.44. The van der Waals surface area contributed by atoms with E-state index in [2.05, 4.69) is 66.1 Å². The number of carbonyl (C=O) groups excluding carboxylic acids is 1. The maximum absolute atomic E-state index is 13.2. The first-order chi connectivity index (χ1) is 20.1. The molecule has 8 nitrogen and oxygen atoms in total. The smallest absolute Gasteiger partial charge is 0.391 e. The number of nitrogens with one attached hydrogen (secondary N) is 1. The van der Waals surface area contributed by atoms with Crippen LogP contribution in [0.25, 0.3) is 11.3 Å². The first-order valence-electron chi connectivity index (χ1n) is 13.8. The van der Waals surface area contributed by atoms with Crippen molar-refractivity contribution in [3.8, 4) is 17.1 Å². The zero-order valence-corrected chi connectivity index (χ0v) is 25.9. The molecule has 10 heteroatoms. The molecule has 5 rings (SSSR count). The fourth-order valence-corrected chi connectivity index (χ4v) is 5.29. The summed E-state index contributed by atoms with van der Waals surface area (Å²) < 4.78 is 5.77. The van der Waals surface area contributed by atoms with Crippen molar-refractivity contribution in [1.82, 2.24) is 14.9 Å². The summed E-state index contributed by atoms with van der Waals surface area (Å²) in [6.45, 7) is 10.2. The summed E-state index contributed by atoms with van der Waals surface area (Å²) in [5.41, 5.74) is 7.41. The van der Waals surface area contributed by atoms with Gasteiger partial charge < -0.3 is 19.9 Å². The molecule has 1 saturated heterocycles. The number of halogens is 2. The Hall–Kier alpha value is -3.85. The molecule has 218 valence electrons. The molecule has 0 spiro atoms. The number of aromatic nitrogens is 2. The predicted octanol–water partition coefficient (Wildman–Crippen LogP) is 7.51. The van der Waals surface area contributed by atoms with Crippen LogP contribution >= 0.6 is 23.2 Å². The molecule has 1 aliphatic rings. The fourth-order valence-electron chi connectivity index (χ4n) is 4.88. The molecular formula is C32H34Cl2N6O2. The number of hydrogen-bond donors (Lipinski definition) is 1. The third-order valence-electron chi connectivity index (χ3n) is 7.74. The van der Waals surface area contributed by atoms with Crippen molar-refractivity contribution in [2.45, 2.75) is 20.8 Å². The average molecular weight is 606 g/mol. The number of nitrogens with zero attached hydrogens (tertiary/aromatic N) is 5. The SMILES string of the molecule is Cc1ccc(-c2cc(OC(=O)N(C)c3cc(Cl)ccc3Cl)nc(Nc3cccc(N4CCN(C)CC4)c3)n2)c(C)c1C. The number of aryl methyl sites for hydroxylation is 1. The van der Waals surface area contributed by atoms with E-state index < -0.39 is 6.09 Å². The lowest BCUT2D eigenvalue weighted by molar-refractivity contribution is 0.207. The van der Waals surface area contributed by atoms with Gasteiger partial charge in [0.05, 0.1) is 16.4 Å². The number of carbonyl (C=O) groups is 1. The first-order valence-corrected chi connectivity index (χ1v) is 14.5. The normalized spacial score (nSPS) is 13.6. The third-order valence-corrected chi connectivity index (χ3v) is 8.30. The Labute approximate surface area is 256 Å². The lowest BCUT2D eigenvalue weighted by Gasteiger charge is -2.34. The Balaban J connectivity index is 1.48. The second-order valence-electron chi connectivity index (χ2n) is 10.6. The van der Waals surface area contributed by atoms with Crippen molar-refractivity contribution in [1.29, 1.82) is 0 Å². The van der Waals surface area contributed by atoms with E-state index in [1.54, 1.807) is 31.3 Å². The Kier molecular flexibility index (Phi) is 8.87. The largest absolute Gasteiger partial charge is 0.420 e. The van der Waals surface area contributed by atoms with Gasteiger partial charge in [0.1, 0.15) is 0 Å². The molecular weight excluding hydrogens is 571 g/mol. The molecule has 2 heterocycles. The second-order valence-corrected chi connectivity index (χ2v) is 11.4. The van der Waals surface area contributed by atoms with Gasteiger partial charge in [-0.2, -0.15) is 4.98 Å². The minimum Gasteiger partial charge on any atom is -0.391 e. The number of hydrogen-bond acceptors (Lipinski definition) is 7. The van der Waals surface area contributed by atoms with Gasteiger partial charge in [0.15, 0.2) is 0 Å². The Morgan fingerprint density at radius 1 is 0.929 bits per heavy atom. The number of anilines is 4. The molecule has 1 amide bonds. The quantitative estimate of drug-likeness (QED) is 0.244. The van der Waals surface area contributed by atoms with Crippen molar-refractivity contribution in [2.24, 2.45) is 0 Å².